The number of aliphatic hydroxyl groups is 1. The molecule has 1 heterocycles. The van der Waals surface area contributed by atoms with Gasteiger partial charge in [-0.25, -0.2) is 4.79 Å². The fourth-order valence-corrected chi connectivity index (χ4v) is 3.71. The Morgan fingerprint density at radius 2 is 1.85 bits per heavy atom. The van der Waals surface area contributed by atoms with Crippen LogP contribution in [0.4, 0.5) is 4.79 Å². The van der Waals surface area contributed by atoms with Gasteiger partial charge in [0.1, 0.15) is 5.54 Å². The van der Waals surface area contributed by atoms with Crippen molar-refractivity contribution in [1.29, 1.82) is 0 Å². The van der Waals surface area contributed by atoms with Gasteiger partial charge >= 0.3 is 6.03 Å². The first-order valence-electron chi connectivity index (χ1n) is 7.79. The molecule has 0 radical (unpaired) electrons. The van der Waals surface area contributed by atoms with Gasteiger partial charge in [-0.05, 0) is 43.9 Å². The Morgan fingerprint density at radius 1 is 1.20 bits per heavy atom. The first-order chi connectivity index (χ1) is 9.54. The second kappa shape index (κ2) is 6.12. The van der Waals surface area contributed by atoms with E-state index >= 15 is 0 Å². The summed E-state index contributed by atoms with van der Waals surface area (Å²) in [7, 11) is 0. The van der Waals surface area contributed by atoms with Gasteiger partial charge in [-0.3, -0.25) is 9.69 Å². The highest BCUT2D eigenvalue weighted by molar-refractivity contribution is 6.07. The zero-order valence-electron chi connectivity index (χ0n) is 12.5. The molecule has 1 saturated heterocycles. The topological polar surface area (TPSA) is 69.6 Å². The van der Waals surface area contributed by atoms with Gasteiger partial charge in [-0.2, -0.15) is 0 Å². The number of carbonyl (C=O) groups excluding carboxylic acids is 2. The van der Waals surface area contributed by atoms with Crippen LogP contribution < -0.4 is 5.32 Å². The Balaban J connectivity index is 2.07. The number of imide groups is 1. The van der Waals surface area contributed by atoms with E-state index in [1.54, 1.807) is 0 Å². The first-order valence-corrected chi connectivity index (χ1v) is 7.79. The number of hydrogen-bond acceptors (Lipinski definition) is 3. The number of carbonyl (C=O) groups is 2. The van der Waals surface area contributed by atoms with Crippen molar-refractivity contribution >= 4 is 11.9 Å². The molecule has 5 heteroatoms. The fourth-order valence-electron chi connectivity index (χ4n) is 3.71. The predicted molar refractivity (Wildman–Crippen MR) is 76.1 cm³/mol. The Labute approximate surface area is 120 Å². The lowest BCUT2D eigenvalue weighted by atomic mass is 9.67. The lowest BCUT2D eigenvalue weighted by Gasteiger charge is -2.42. The summed E-state index contributed by atoms with van der Waals surface area (Å²) in [6, 6.07) is -0.236. The van der Waals surface area contributed by atoms with Crippen LogP contribution in [0.1, 0.15) is 52.4 Å². The van der Waals surface area contributed by atoms with Crippen molar-refractivity contribution in [2.24, 2.45) is 11.8 Å². The standard InChI is InChI=1S/C15H26N2O3/c1-11-7-6-8-12(2)15(11)13(19)17(14(20)16-15)9-4-3-5-10-18/h11-12,18H,3-10H2,1-2H3,(H,16,20). The summed E-state index contributed by atoms with van der Waals surface area (Å²) in [5.41, 5.74) is -0.674. The van der Waals surface area contributed by atoms with Gasteiger partial charge in [-0.15, -0.1) is 0 Å². The van der Waals surface area contributed by atoms with Crippen LogP contribution >= 0.6 is 0 Å². The molecule has 0 bridgehead atoms. The number of rotatable bonds is 5. The van der Waals surface area contributed by atoms with Gasteiger partial charge in [0.2, 0.25) is 0 Å². The average Bonchev–Trinajstić information content (AvgIpc) is 2.66. The van der Waals surface area contributed by atoms with E-state index in [-0.39, 0.29) is 30.4 Å². The average molecular weight is 282 g/mol. The van der Waals surface area contributed by atoms with E-state index in [0.29, 0.717) is 6.54 Å². The third-order valence-corrected chi connectivity index (χ3v) is 5.03. The minimum absolute atomic E-state index is 0.0359. The van der Waals surface area contributed by atoms with Crippen LogP contribution in [0.2, 0.25) is 0 Å². The molecule has 2 unspecified atom stereocenters. The van der Waals surface area contributed by atoms with E-state index in [1.165, 1.54) is 4.90 Å². The normalized spacial score (nSPS) is 33.9. The lowest BCUT2D eigenvalue weighted by molar-refractivity contribution is -0.136. The number of unbranched alkanes of at least 4 members (excludes halogenated alkanes) is 2. The maximum absolute atomic E-state index is 12.8. The predicted octanol–water partition coefficient (Wildman–Crippen LogP) is 1.90. The lowest BCUT2D eigenvalue weighted by Crippen LogP contribution is -2.58. The molecule has 2 fully saturated rings. The molecular weight excluding hydrogens is 256 g/mol. The van der Waals surface area contributed by atoms with Crippen molar-refractivity contribution in [2.45, 2.75) is 57.9 Å². The summed E-state index contributed by atoms with van der Waals surface area (Å²) >= 11 is 0. The molecule has 2 rings (SSSR count). The molecule has 5 nitrogen and oxygen atoms in total. The first kappa shape index (κ1) is 15.3. The smallest absolute Gasteiger partial charge is 0.325 e. The summed E-state index contributed by atoms with van der Waals surface area (Å²) in [6.07, 6.45) is 5.44. The third kappa shape index (κ3) is 2.43. The van der Waals surface area contributed by atoms with Gasteiger partial charge in [-0.1, -0.05) is 20.3 Å². The van der Waals surface area contributed by atoms with Crippen LogP contribution in [0, 0.1) is 11.8 Å². The number of urea groups is 1. The van der Waals surface area contributed by atoms with Crippen LogP contribution in [0.3, 0.4) is 0 Å². The summed E-state index contributed by atoms with van der Waals surface area (Å²) in [5, 5.41) is 11.8. The van der Waals surface area contributed by atoms with E-state index in [0.717, 1.165) is 38.5 Å². The number of amides is 3. The van der Waals surface area contributed by atoms with E-state index in [9.17, 15) is 9.59 Å². The number of aliphatic hydroxyl groups excluding tert-OH is 1. The second-order valence-corrected chi connectivity index (χ2v) is 6.27. The Kier molecular flexibility index (Phi) is 4.68. The molecule has 0 aromatic rings. The molecule has 3 amide bonds. The summed E-state index contributed by atoms with van der Waals surface area (Å²) in [4.78, 5) is 26.3. The second-order valence-electron chi connectivity index (χ2n) is 6.27. The summed E-state index contributed by atoms with van der Waals surface area (Å²) in [5.74, 6) is 0.362. The van der Waals surface area contributed by atoms with Crippen molar-refractivity contribution in [3.63, 3.8) is 0 Å². The molecule has 1 spiro atoms. The molecule has 1 saturated carbocycles. The van der Waals surface area contributed by atoms with E-state index in [1.807, 2.05) is 0 Å². The molecule has 1 aliphatic carbocycles. The third-order valence-electron chi connectivity index (χ3n) is 5.03. The zero-order chi connectivity index (χ0) is 14.8. The zero-order valence-corrected chi connectivity index (χ0v) is 12.5. The maximum atomic E-state index is 12.8. The largest absolute Gasteiger partial charge is 0.396 e. The monoisotopic (exact) mass is 282 g/mol. The highest BCUT2D eigenvalue weighted by Gasteiger charge is 2.57. The number of nitrogens with zero attached hydrogens (tertiary/aromatic N) is 1. The highest BCUT2D eigenvalue weighted by atomic mass is 16.3. The van der Waals surface area contributed by atoms with Crippen LogP contribution in [0.25, 0.3) is 0 Å². The molecule has 2 N–H and O–H groups in total. The molecule has 2 aliphatic rings. The van der Waals surface area contributed by atoms with Crippen LogP contribution in [0.15, 0.2) is 0 Å². The Hall–Kier alpha value is -1.10. The van der Waals surface area contributed by atoms with Crippen molar-refractivity contribution in [3.05, 3.63) is 0 Å². The van der Waals surface area contributed by atoms with E-state index in [4.69, 9.17) is 5.11 Å². The summed E-state index contributed by atoms with van der Waals surface area (Å²) in [6.45, 7) is 4.77. The summed E-state index contributed by atoms with van der Waals surface area (Å²) < 4.78 is 0. The molecule has 0 aromatic carbocycles. The van der Waals surface area contributed by atoms with E-state index < -0.39 is 5.54 Å². The minimum Gasteiger partial charge on any atom is -0.396 e. The van der Waals surface area contributed by atoms with Crippen molar-refractivity contribution in [3.8, 4) is 0 Å². The van der Waals surface area contributed by atoms with Crippen molar-refractivity contribution < 1.29 is 14.7 Å². The Bertz CT molecular complexity index is 373. The van der Waals surface area contributed by atoms with Crippen molar-refractivity contribution in [1.82, 2.24) is 10.2 Å². The quantitative estimate of drug-likeness (QED) is 0.597. The van der Waals surface area contributed by atoms with Gasteiger partial charge in [0.25, 0.3) is 5.91 Å². The van der Waals surface area contributed by atoms with Gasteiger partial charge in [0, 0.05) is 13.2 Å². The minimum atomic E-state index is -0.674. The van der Waals surface area contributed by atoms with Gasteiger partial charge in [0.05, 0.1) is 0 Å². The molecular formula is C15H26N2O3. The van der Waals surface area contributed by atoms with Gasteiger partial charge < -0.3 is 10.4 Å². The number of nitrogens with one attached hydrogen (secondary N) is 1. The maximum Gasteiger partial charge on any atom is 0.325 e. The number of hydrogen-bond donors (Lipinski definition) is 2. The molecule has 2 atom stereocenters. The molecule has 0 aromatic heterocycles. The van der Waals surface area contributed by atoms with Crippen LogP contribution in [-0.4, -0.2) is 40.6 Å². The molecule has 1 aliphatic heterocycles. The highest BCUT2D eigenvalue weighted by Crippen LogP contribution is 2.42. The van der Waals surface area contributed by atoms with E-state index in [2.05, 4.69) is 19.2 Å². The van der Waals surface area contributed by atoms with Crippen LogP contribution in [0.5, 0.6) is 0 Å². The van der Waals surface area contributed by atoms with Crippen molar-refractivity contribution in [2.75, 3.05) is 13.2 Å². The van der Waals surface area contributed by atoms with Gasteiger partial charge in [0.15, 0.2) is 0 Å². The molecule has 20 heavy (non-hydrogen) atoms. The van der Waals surface area contributed by atoms with Crippen LogP contribution in [-0.2, 0) is 4.79 Å². The molecule has 114 valence electrons. The SMILES string of the molecule is CC1CCCC(C)C12NC(=O)N(CCCCCO)C2=O. The fraction of sp³-hybridized carbons (Fsp3) is 0.867. The Morgan fingerprint density at radius 3 is 2.45 bits per heavy atom.